The van der Waals surface area contributed by atoms with E-state index in [0.29, 0.717) is 5.89 Å². The topological polar surface area (TPSA) is 55.6 Å². The highest BCUT2D eigenvalue weighted by Gasteiger charge is 2.22. The van der Waals surface area contributed by atoms with Crippen LogP contribution in [0.1, 0.15) is 0 Å². The number of thiophene rings is 1. The van der Waals surface area contributed by atoms with Gasteiger partial charge in [-0.25, -0.2) is 4.98 Å². The van der Waals surface area contributed by atoms with Gasteiger partial charge < -0.3 is 18.2 Å². The fourth-order valence-corrected chi connectivity index (χ4v) is 8.39. The molecule has 0 radical (unpaired) electrons. The molecule has 0 saturated heterocycles. The summed E-state index contributed by atoms with van der Waals surface area (Å²) in [6, 6.07) is 50.3. The van der Waals surface area contributed by atoms with Gasteiger partial charge in [-0.15, -0.1) is 11.3 Å². The zero-order chi connectivity index (χ0) is 32.1. The first-order valence-electron chi connectivity index (χ1n) is 16.2. The number of hydrogen-bond acceptors (Lipinski definition) is 6. The number of hydrogen-bond donors (Lipinski definition) is 0. The lowest BCUT2D eigenvalue weighted by Crippen LogP contribution is -2.10. The van der Waals surface area contributed by atoms with Gasteiger partial charge in [-0.05, 0) is 78.9 Å². The fraction of sp³-hybridized carbons (Fsp3) is 0. The number of furan rings is 2. The predicted octanol–water partition coefficient (Wildman–Crippen LogP) is 13.1. The molecule has 0 amide bonds. The van der Waals surface area contributed by atoms with Gasteiger partial charge in [-0.1, -0.05) is 60.7 Å². The van der Waals surface area contributed by atoms with Gasteiger partial charge >= 0.3 is 0 Å². The summed E-state index contributed by atoms with van der Waals surface area (Å²) in [6.45, 7) is 0. The summed E-state index contributed by atoms with van der Waals surface area (Å²) in [5.74, 6) is 0.624. The van der Waals surface area contributed by atoms with Crippen LogP contribution in [-0.4, -0.2) is 4.98 Å². The first-order chi connectivity index (χ1) is 24.2. The second-order valence-corrected chi connectivity index (χ2v) is 13.4. The van der Waals surface area contributed by atoms with Gasteiger partial charge in [0.25, 0.3) is 0 Å². The molecule has 11 aromatic rings. The van der Waals surface area contributed by atoms with E-state index in [1.807, 2.05) is 54.6 Å². The Bertz CT molecular complexity index is 3070. The average Bonchev–Trinajstić information content (AvgIpc) is 3.92. The number of oxazole rings is 1. The van der Waals surface area contributed by atoms with Crippen molar-refractivity contribution in [2.24, 2.45) is 0 Å². The molecule has 0 aliphatic rings. The van der Waals surface area contributed by atoms with E-state index in [2.05, 4.69) is 95.9 Å². The van der Waals surface area contributed by atoms with Gasteiger partial charge in [-0.2, -0.15) is 0 Å². The second kappa shape index (κ2) is 10.1. The van der Waals surface area contributed by atoms with Crippen LogP contribution in [0.25, 0.3) is 86.6 Å². The molecule has 6 heteroatoms. The van der Waals surface area contributed by atoms with E-state index < -0.39 is 0 Å². The minimum Gasteiger partial charge on any atom is -0.456 e. The lowest BCUT2D eigenvalue weighted by atomic mass is 10.1. The van der Waals surface area contributed by atoms with Crippen LogP contribution in [0.3, 0.4) is 0 Å². The van der Waals surface area contributed by atoms with E-state index in [-0.39, 0.29) is 0 Å². The number of para-hydroxylation sites is 2. The number of benzene rings is 7. The maximum Gasteiger partial charge on any atom is 0.227 e. The highest BCUT2D eigenvalue weighted by molar-refractivity contribution is 7.26. The third kappa shape index (κ3) is 4.01. The van der Waals surface area contributed by atoms with Crippen LogP contribution in [0.2, 0.25) is 0 Å². The number of anilines is 3. The molecule has 0 saturated carbocycles. The zero-order valence-corrected chi connectivity index (χ0v) is 26.7. The van der Waals surface area contributed by atoms with Crippen molar-refractivity contribution in [2.75, 3.05) is 4.90 Å². The van der Waals surface area contributed by atoms with Gasteiger partial charge in [0.2, 0.25) is 5.89 Å². The van der Waals surface area contributed by atoms with Crippen molar-refractivity contribution < 1.29 is 13.3 Å². The maximum atomic E-state index is 6.40. The summed E-state index contributed by atoms with van der Waals surface area (Å²) in [7, 11) is 0. The molecule has 0 N–H and O–H groups in total. The first-order valence-corrected chi connectivity index (χ1v) is 17.0. The van der Waals surface area contributed by atoms with Gasteiger partial charge in [-0.3, -0.25) is 0 Å². The summed E-state index contributed by atoms with van der Waals surface area (Å²) in [5.41, 5.74) is 9.12. The molecule has 7 aromatic carbocycles. The van der Waals surface area contributed by atoms with Crippen LogP contribution in [-0.2, 0) is 0 Å². The molecule has 4 aromatic heterocycles. The van der Waals surface area contributed by atoms with Crippen LogP contribution < -0.4 is 4.90 Å². The third-order valence-corrected chi connectivity index (χ3v) is 10.6. The van der Waals surface area contributed by atoms with Gasteiger partial charge in [0.1, 0.15) is 27.8 Å². The molecule has 0 aliphatic carbocycles. The van der Waals surface area contributed by atoms with E-state index >= 15 is 0 Å². The fourth-order valence-electron chi connectivity index (χ4n) is 7.25. The van der Waals surface area contributed by atoms with Crippen LogP contribution in [0.5, 0.6) is 0 Å². The van der Waals surface area contributed by atoms with Crippen LogP contribution in [0, 0.1) is 0 Å². The quantitative estimate of drug-likeness (QED) is 0.190. The van der Waals surface area contributed by atoms with E-state index in [1.54, 1.807) is 11.3 Å². The standard InChI is InChI=1S/C43H24N2O3S/c1-2-9-25(10-3-1)43-44-33-24-41-32(23-39(33)48-43)42-34(13-8-16-40(42)49-41)45(26-18-20-37-31(21-26)29-12-5-7-15-36(29)46-37)27-17-19-30-28-11-4-6-14-35(28)47-38(30)22-27/h1-24H. The minimum absolute atomic E-state index is 0.624. The van der Waals surface area contributed by atoms with Crippen molar-refractivity contribution in [3.05, 3.63) is 146 Å². The molecule has 0 aliphatic heterocycles. The monoisotopic (exact) mass is 648 g/mol. The predicted molar refractivity (Wildman–Crippen MR) is 202 cm³/mol. The molecule has 0 fully saturated rings. The summed E-state index contributed by atoms with van der Waals surface area (Å²) in [5, 5.41) is 6.65. The number of aromatic nitrogens is 1. The first kappa shape index (κ1) is 26.7. The summed E-state index contributed by atoms with van der Waals surface area (Å²) >= 11 is 1.77. The Morgan fingerprint density at radius 1 is 0.449 bits per heavy atom. The Morgan fingerprint density at radius 3 is 2.00 bits per heavy atom. The molecule has 0 atom stereocenters. The SMILES string of the molecule is c1ccc(-c2nc3cc4sc5cccc(N(c6ccc7c(c6)oc6ccccc67)c6ccc7oc8ccccc8c7c6)c5c4cc3o2)cc1. The molecular weight excluding hydrogens is 625 g/mol. The Morgan fingerprint density at radius 2 is 1.14 bits per heavy atom. The molecule has 11 rings (SSSR count). The lowest BCUT2D eigenvalue weighted by molar-refractivity contribution is 0.620. The van der Waals surface area contributed by atoms with Gasteiger partial charge in [0.15, 0.2) is 5.58 Å². The van der Waals surface area contributed by atoms with Crippen molar-refractivity contribution in [3.8, 4) is 11.5 Å². The van der Waals surface area contributed by atoms with E-state index in [0.717, 1.165) is 93.1 Å². The number of fused-ring (bicyclic) bond motifs is 10. The highest BCUT2D eigenvalue weighted by Crippen LogP contribution is 2.47. The number of rotatable bonds is 4. The summed E-state index contributed by atoms with van der Waals surface area (Å²) in [4.78, 5) is 7.20. The van der Waals surface area contributed by atoms with Crippen molar-refractivity contribution in [1.29, 1.82) is 0 Å². The van der Waals surface area contributed by atoms with Crippen molar-refractivity contribution in [2.45, 2.75) is 0 Å². The Balaban J connectivity index is 1.18. The van der Waals surface area contributed by atoms with E-state index in [9.17, 15) is 0 Å². The molecule has 0 bridgehead atoms. The highest BCUT2D eigenvalue weighted by atomic mass is 32.1. The lowest BCUT2D eigenvalue weighted by Gasteiger charge is -2.26. The van der Waals surface area contributed by atoms with Crippen molar-refractivity contribution in [1.82, 2.24) is 4.98 Å². The molecule has 230 valence electrons. The number of nitrogens with zero attached hydrogens (tertiary/aromatic N) is 2. The third-order valence-electron chi connectivity index (χ3n) is 9.48. The molecule has 0 spiro atoms. The normalized spacial score (nSPS) is 12.1. The molecule has 5 nitrogen and oxygen atoms in total. The summed E-state index contributed by atoms with van der Waals surface area (Å²) in [6.07, 6.45) is 0. The van der Waals surface area contributed by atoms with Gasteiger partial charge in [0, 0.05) is 64.7 Å². The van der Waals surface area contributed by atoms with Crippen molar-refractivity contribution >= 4 is 104 Å². The average molecular weight is 649 g/mol. The zero-order valence-electron chi connectivity index (χ0n) is 25.9. The van der Waals surface area contributed by atoms with E-state index in [1.165, 1.54) is 4.70 Å². The Kier molecular flexibility index (Phi) is 5.48. The van der Waals surface area contributed by atoms with Crippen LogP contribution in [0.15, 0.2) is 159 Å². The van der Waals surface area contributed by atoms with E-state index in [4.69, 9.17) is 18.2 Å². The molecule has 0 unspecified atom stereocenters. The van der Waals surface area contributed by atoms with Gasteiger partial charge in [0.05, 0.1) is 5.69 Å². The molecule has 49 heavy (non-hydrogen) atoms. The van der Waals surface area contributed by atoms with Crippen LogP contribution in [0.4, 0.5) is 17.1 Å². The smallest absolute Gasteiger partial charge is 0.227 e. The molecule has 4 heterocycles. The second-order valence-electron chi connectivity index (χ2n) is 12.3. The van der Waals surface area contributed by atoms with Crippen LogP contribution >= 0.6 is 11.3 Å². The minimum atomic E-state index is 0.624. The van der Waals surface area contributed by atoms with Crippen molar-refractivity contribution in [3.63, 3.8) is 0 Å². The maximum absolute atomic E-state index is 6.40. The largest absolute Gasteiger partial charge is 0.456 e. The molecular formula is C43H24N2O3S. The Labute approximate surface area is 282 Å². The summed E-state index contributed by atoms with van der Waals surface area (Å²) < 4.78 is 21.3. The Hall–Kier alpha value is -6.37.